The zero-order valence-corrected chi connectivity index (χ0v) is 17.1. The molecular weight excluding hydrogens is 312 g/mol. The van der Waals surface area contributed by atoms with Crippen molar-refractivity contribution < 1.29 is 10.2 Å². The van der Waals surface area contributed by atoms with Crippen molar-refractivity contribution in [1.82, 2.24) is 10.6 Å². The van der Waals surface area contributed by atoms with Gasteiger partial charge in [0.05, 0.1) is 12.2 Å². The Bertz CT molecular complexity index is 277. The topological polar surface area (TPSA) is 64.5 Å². The normalized spacial score (nSPS) is 16.6. The molecule has 0 fully saturated rings. The third-order valence-electron chi connectivity index (χ3n) is 5.05. The molecule has 0 saturated carbocycles. The molecular formula is C21H45N2O2. The van der Waals surface area contributed by atoms with Gasteiger partial charge in [0.15, 0.2) is 0 Å². The minimum absolute atomic E-state index is 0.0207. The van der Waals surface area contributed by atoms with Crippen LogP contribution in [0.4, 0.5) is 0 Å². The number of rotatable bonds is 18. The highest BCUT2D eigenvalue weighted by molar-refractivity contribution is 4.83. The van der Waals surface area contributed by atoms with Crippen molar-refractivity contribution in [3.05, 3.63) is 6.92 Å². The van der Waals surface area contributed by atoms with Crippen LogP contribution in [0.1, 0.15) is 91.4 Å². The van der Waals surface area contributed by atoms with Gasteiger partial charge in [-0.05, 0) is 32.7 Å². The maximum atomic E-state index is 10.2. The van der Waals surface area contributed by atoms with Crippen molar-refractivity contribution in [3.63, 3.8) is 0 Å². The van der Waals surface area contributed by atoms with Crippen LogP contribution in [-0.4, -0.2) is 47.6 Å². The molecule has 0 aromatic carbocycles. The largest absolute Gasteiger partial charge is 0.392 e. The Morgan fingerprint density at radius 1 is 0.720 bits per heavy atom. The van der Waals surface area contributed by atoms with E-state index in [1.165, 1.54) is 51.4 Å². The molecule has 0 rings (SSSR count). The average Bonchev–Trinajstić information content (AvgIpc) is 2.63. The molecule has 0 bridgehead atoms. The maximum absolute atomic E-state index is 10.2. The van der Waals surface area contributed by atoms with E-state index >= 15 is 0 Å². The third-order valence-corrected chi connectivity index (χ3v) is 5.05. The van der Waals surface area contributed by atoms with Crippen LogP contribution in [0.5, 0.6) is 0 Å². The second-order valence-corrected chi connectivity index (χ2v) is 7.35. The SMILES string of the molecule is [CH2]C(NCC(NCCCCCCCCCCC)C(O)CC)C(O)CC. The molecule has 0 spiro atoms. The van der Waals surface area contributed by atoms with Crippen molar-refractivity contribution in [2.75, 3.05) is 13.1 Å². The summed E-state index contributed by atoms with van der Waals surface area (Å²) in [6, 6.07) is -0.168. The molecule has 25 heavy (non-hydrogen) atoms. The van der Waals surface area contributed by atoms with Gasteiger partial charge in [-0.25, -0.2) is 0 Å². The highest BCUT2D eigenvalue weighted by Gasteiger charge is 2.19. The Balaban J connectivity index is 3.79. The van der Waals surface area contributed by atoms with Gasteiger partial charge < -0.3 is 20.8 Å². The highest BCUT2D eigenvalue weighted by atomic mass is 16.3. The van der Waals surface area contributed by atoms with Crippen LogP contribution < -0.4 is 10.6 Å². The Kier molecular flexibility index (Phi) is 17.2. The van der Waals surface area contributed by atoms with Crippen molar-refractivity contribution in [1.29, 1.82) is 0 Å². The van der Waals surface area contributed by atoms with E-state index in [0.717, 1.165) is 19.4 Å². The van der Waals surface area contributed by atoms with E-state index in [1.54, 1.807) is 0 Å². The van der Waals surface area contributed by atoms with Gasteiger partial charge in [0.25, 0.3) is 0 Å². The predicted octanol–water partition coefficient (Wildman–Crippen LogP) is 3.81. The summed E-state index contributed by atoms with van der Waals surface area (Å²) in [7, 11) is 0. The van der Waals surface area contributed by atoms with Crippen LogP contribution in [0, 0.1) is 6.92 Å². The zero-order chi connectivity index (χ0) is 18.9. The van der Waals surface area contributed by atoms with E-state index < -0.39 is 6.10 Å². The summed E-state index contributed by atoms with van der Waals surface area (Å²) in [5, 5.41) is 26.7. The number of hydrogen-bond acceptors (Lipinski definition) is 4. The van der Waals surface area contributed by atoms with Crippen LogP contribution in [0.2, 0.25) is 0 Å². The standard InChI is InChI=1S/C21H45N2O2/c1-5-8-9-10-11-12-13-14-15-16-22-19(21(25)7-3)17-23-18(4)20(24)6-2/h18-25H,4-17H2,1-3H3. The van der Waals surface area contributed by atoms with Gasteiger partial charge in [0, 0.05) is 18.6 Å². The fourth-order valence-electron chi connectivity index (χ4n) is 3.05. The van der Waals surface area contributed by atoms with Crippen molar-refractivity contribution in [2.45, 2.75) is 116 Å². The fraction of sp³-hybridized carbons (Fsp3) is 0.952. The monoisotopic (exact) mass is 357 g/mol. The quantitative estimate of drug-likeness (QED) is 0.282. The van der Waals surface area contributed by atoms with Gasteiger partial charge in [-0.15, -0.1) is 0 Å². The van der Waals surface area contributed by atoms with Crippen LogP contribution in [0.15, 0.2) is 0 Å². The molecule has 4 heteroatoms. The Morgan fingerprint density at radius 3 is 1.76 bits per heavy atom. The number of unbranched alkanes of at least 4 members (excludes halogenated alkanes) is 8. The number of nitrogens with one attached hydrogen (secondary N) is 2. The molecule has 0 amide bonds. The van der Waals surface area contributed by atoms with Gasteiger partial charge in [-0.1, -0.05) is 72.1 Å². The zero-order valence-electron chi connectivity index (χ0n) is 17.1. The Hall–Kier alpha value is -0.160. The summed E-state index contributed by atoms with van der Waals surface area (Å²) in [6.07, 6.45) is 12.6. The molecule has 4 atom stereocenters. The van der Waals surface area contributed by atoms with Gasteiger partial charge in [0.2, 0.25) is 0 Å². The summed E-state index contributed by atoms with van der Waals surface area (Å²) < 4.78 is 0. The third kappa shape index (κ3) is 13.7. The molecule has 0 heterocycles. The first kappa shape index (κ1) is 24.8. The number of aliphatic hydroxyl groups excluding tert-OH is 2. The lowest BCUT2D eigenvalue weighted by Crippen LogP contribution is -2.50. The minimum Gasteiger partial charge on any atom is -0.392 e. The lowest BCUT2D eigenvalue weighted by molar-refractivity contribution is 0.108. The molecule has 0 aromatic rings. The molecule has 1 radical (unpaired) electrons. The molecule has 4 N–H and O–H groups in total. The summed E-state index contributed by atoms with van der Waals surface area (Å²) in [5.74, 6) is 0. The van der Waals surface area contributed by atoms with E-state index in [1.807, 2.05) is 13.8 Å². The first-order valence-electron chi connectivity index (χ1n) is 10.7. The summed E-state index contributed by atoms with van der Waals surface area (Å²) in [6.45, 7) is 11.7. The molecule has 151 valence electrons. The molecule has 0 aliphatic heterocycles. The Morgan fingerprint density at radius 2 is 1.24 bits per heavy atom. The van der Waals surface area contributed by atoms with Crippen LogP contribution in [-0.2, 0) is 0 Å². The van der Waals surface area contributed by atoms with Crippen molar-refractivity contribution >= 4 is 0 Å². The molecule has 4 unspecified atom stereocenters. The van der Waals surface area contributed by atoms with Gasteiger partial charge in [0.1, 0.15) is 0 Å². The van der Waals surface area contributed by atoms with E-state index in [4.69, 9.17) is 0 Å². The average molecular weight is 358 g/mol. The lowest BCUT2D eigenvalue weighted by Gasteiger charge is -2.27. The van der Waals surface area contributed by atoms with Gasteiger partial charge in [-0.2, -0.15) is 0 Å². The van der Waals surface area contributed by atoms with E-state index in [0.29, 0.717) is 13.0 Å². The maximum Gasteiger partial charge on any atom is 0.0703 e. The molecule has 0 aliphatic carbocycles. The van der Waals surface area contributed by atoms with E-state index in [-0.39, 0.29) is 18.2 Å². The lowest BCUT2D eigenvalue weighted by atomic mass is 10.1. The van der Waals surface area contributed by atoms with Crippen molar-refractivity contribution in [3.8, 4) is 0 Å². The predicted molar refractivity (Wildman–Crippen MR) is 109 cm³/mol. The minimum atomic E-state index is -0.434. The first-order chi connectivity index (χ1) is 12.1. The van der Waals surface area contributed by atoms with Crippen LogP contribution in [0.25, 0.3) is 0 Å². The van der Waals surface area contributed by atoms with Gasteiger partial charge in [-0.3, -0.25) is 0 Å². The van der Waals surface area contributed by atoms with Gasteiger partial charge >= 0.3 is 0 Å². The first-order valence-corrected chi connectivity index (χ1v) is 10.7. The Labute approximate surface area is 157 Å². The second-order valence-electron chi connectivity index (χ2n) is 7.35. The van der Waals surface area contributed by atoms with E-state index in [2.05, 4.69) is 24.5 Å². The summed E-state index contributed by atoms with van der Waals surface area (Å²) >= 11 is 0. The highest BCUT2D eigenvalue weighted by Crippen LogP contribution is 2.09. The van der Waals surface area contributed by atoms with Crippen LogP contribution in [0.3, 0.4) is 0 Å². The van der Waals surface area contributed by atoms with E-state index in [9.17, 15) is 10.2 Å². The smallest absolute Gasteiger partial charge is 0.0703 e. The van der Waals surface area contributed by atoms with Crippen molar-refractivity contribution in [2.24, 2.45) is 0 Å². The fourth-order valence-corrected chi connectivity index (χ4v) is 3.05. The molecule has 0 aliphatic rings. The summed E-state index contributed by atoms with van der Waals surface area (Å²) in [5.41, 5.74) is 0. The van der Waals surface area contributed by atoms with Crippen LogP contribution >= 0.6 is 0 Å². The number of hydrogen-bond donors (Lipinski definition) is 4. The molecule has 0 aromatic heterocycles. The molecule has 4 nitrogen and oxygen atoms in total. The number of aliphatic hydroxyl groups is 2. The summed E-state index contributed by atoms with van der Waals surface area (Å²) in [4.78, 5) is 0. The molecule has 0 saturated heterocycles. The second kappa shape index (κ2) is 17.3.